The van der Waals surface area contributed by atoms with E-state index in [1.165, 1.54) is 6.07 Å². The van der Waals surface area contributed by atoms with Crippen molar-refractivity contribution in [3.8, 4) is 0 Å². The zero-order valence-corrected chi connectivity index (χ0v) is 10.4. The van der Waals surface area contributed by atoms with Crippen LogP contribution in [-0.2, 0) is 0 Å². The van der Waals surface area contributed by atoms with E-state index in [1.54, 1.807) is 6.07 Å². The number of benzene rings is 1. The Morgan fingerprint density at radius 1 is 1.44 bits per heavy atom. The predicted octanol–water partition coefficient (Wildman–Crippen LogP) is 2.95. The van der Waals surface area contributed by atoms with Crippen molar-refractivity contribution in [3.05, 3.63) is 38.5 Å². The lowest BCUT2D eigenvalue weighted by molar-refractivity contribution is 0.628. The third-order valence-electron chi connectivity index (χ3n) is 2.42. The number of hydrogen-bond donors (Lipinski definition) is 1. The molecule has 0 atom stereocenters. The van der Waals surface area contributed by atoms with E-state index in [9.17, 15) is 9.18 Å². The number of aromatic amines is 1. The fourth-order valence-electron chi connectivity index (χ4n) is 1.64. The third-order valence-corrected chi connectivity index (χ3v) is 3.03. The van der Waals surface area contributed by atoms with Gasteiger partial charge in [0.2, 0.25) is 0 Å². The maximum atomic E-state index is 14.0. The number of halogens is 2. The fraction of sp³-hybridized carbons (Fsp3) is 0.273. The molecule has 1 heterocycles. The van der Waals surface area contributed by atoms with Gasteiger partial charge >= 0.3 is 0 Å². The summed E-state index contributed by atoms with van der Waals surface area (Å²) in [5.41, 5.74) is 0.194. The molecule has 0 saturated heterocycles. The van der Waals surface area contributed by atoms with Crippen LogP contribution in [0.3, 0.4) is 0 Å². The topological polar surface area (TPSA) is 45.8 Å². The van der Waals surface area contributed by atoms with Crippen LogP contribution >= 0.6 is 15.9 Å². The first-order valence-corrected chi connectivity index (χ1v) is 5.68. The SMILES string of the molecule is CC(C)c1n[nH]c(=O)c2ccc(Br)c(F)c12. The van der Waals surface area contributed by atoms with Crippen molar-refractivity contribution >= 4 is 26.7 Å². The van der Waals surface area contributed by atoms with Gasteiger partial charge in [-0.05, 0) is 34.0 Å². The molecule has 1 N–H and O–H groups in total. The van der Waals surface area contributed by atoms with Crippen molar-refractivity contribution in [3.63, 3.8) is 0 Å². The summed E-state index contributed by atoms with van der Waals surface area (Å²) in [7, 11) is 0. The van der Waals surface area contributed by atoms with Gasteiger partial charge in [-0.2, -0.15) is 5.10 Å². The zero-order chi connectivity index (χ0) is 11.9. The zero-order valence-electron chi connectivity index (χ0n) is 8.84. The van der Waals surface area contributed by atoms with Gasteiger partial charge < -0.3 is 0 Å². The van der Waals surface area contributed by atoms with E-state index in [4.69, 9.17) is 0 Å². The summed E-state index contributed by atoms with van der Waals surface area (Å²) in [6, 6.07) is 3.12. The number of fused-ring (bicyclic) bond motifs is 1. The Morgan fingerprint density at radius 2 is 2.12 bits per heavy atom. The summed E-state index contributed by atoms with van der Waals surface area (Å²) in [5, 5.41) is 6.92. The maximum Gasteiger partial charge on any atom is 0.272 e. The van der Waals surface area contributed by atoms with Gasteiger partial charge in [0, 0.05) is 5.39 Å². The Hall–Kier alpha value is -1.23. The average molecular weight is 285 g/mol. The summed E-state index contributed by atoms with van der Waals surface area (Å²) in [5.74, 6) is -0.386. The molecule has 0 aliphatic carbocycles. The van der Waals surface area contributed by atoms with Crippen LogP contribution in [0.5, 0.6) is 0 Å². The normalized spacial score (nSPS) is 11.3. The number of rotatable bonds is 1. The quantitative estimate of drug-likeness (QED) is 0.875. The minimum absolute atomic E-state index is 0.0446. The van der Waals surface area contributed by atoms with Gasteiger partial charge in [0.05, 0.1) is 15.6 Å². The molecule has 0 radical (unpaired) electrons. The Balaban J connectivity index is 3.00. The number of aromatic nitrogens is 2. The van der Waals surface area contributed by atoms with E-state index in [2.05, 4.69) is 26.1 Å². The molecule has 1 aromatic carbocycles. The summed E-state index contributed by atoms with van der Waals surface area (Å²) < 4.78 is 14.3. The molecule has 5 heteroatoms. The summed E-state index contributed by atoms with van der Waals surface area (Å²) >= 11 is 3.11. The van der Waals surface area contributed by atoms with Crippen molar-refractivity contribution in [2.45, 2.75) is 19.8 Å². The summed E-state index contributed by atoms with van der Waals surface area (Å²) in [6.45, 7) is 3.81. The van der Waals surface area contributed by atoms with Gasteiger partial charge in [-0.1, -0.05) is 13.8 Å². The molecule has 2 aromatic rings. The highest BCUT2D eigenvalue weighted by molar-refractivity contribution is 9.10. The van der Waals surface area contributed by atoms with Crippen molar-refractivity contribution in [2.24, 2.45) is 0 Å². The third kappa shape index (κ3) is 1.65. The minimum atomic E-state index is -0.431. The standard InChI is InChI=1S/C11H10BrFN2O/c1-5(2)10-8-6(11(16)15-14-10)3-4-7(12)9(8)13/h3-5H,1-2H3,(H,15,16). The highest BCUT2D eigenvalue weighted by atomic mass is 79.9. The van der Waals surface area contributed by atoms with Crippen LogP contribution in [-0.4, -0.2) is 10.2 Å². The van der Waals surface area contributed by atoms with Crippen LogP contribution in [0, 0.1) is 5.82 Å². The second kappa shape index (κ2) is 3.97. The number of H-pyrrole nitrogens is 1. The van der Waals surface area contributed by atoms with Gasteiger partial charge in [0.15, 0.2) is 0 Å². The van der Waals surface area contributed by atoms with Crippen LogP contribution in [0.4, 0.5) is 4.39 Å². The lowest BCUT2D eigenvalue weighted by Gasteiger charge is -2.09. The molecule has 2 rings (SSSR count). The molecule has 0 fully saturated rings. The molecule has 3 nitrogen and oxygen atoms in total. The van der Waals surface area contributed by atoms with Crippen molar-refractivity contribution in [1.29, 1.82) is 0 Å². The van der Waals surface area contributed by atoms with E-state index >= 15 is 0 Å². The van der Waals surface area contributed by atoms with Gasteiger partial charge in [0.1, 0.15) is 5.82 Å². The summed E-state index contributed by atoms with van der Waals surface area (Å²) in [6.07, 6.45) is 0. The highest BCUT2D eigenvalue weighted by Crippen LogP contribution is 2.27. The molecule has 0 aliphatic heterocycles. The first-order valence-electron chi connectivity index (χ1n) is 4.88. The molecule has 0 bridgehead atoms. The Morgan fingerprint density at radius 3 is 2.75 bits per heavy atom. The predicted molar refractivity (Wildman–Crippen MR) is 64.1 cm³/mol. The van der Waals surface area contributed by atoms with Gasteiger partial charge in [-0.25, -0.2) is 9.49 Å². The lowest BCUT2D eigenvalue weighted by atomic mass is 10.0. The van der Waals surface area contributed by atoms with E-state index in [-0.39, 0.29) is 11.5 Å². The highest BCUT2D eigenvalue weighted by Gasteiger charge is 2.15. The van der Waals surface area contributed by atoms with Crippen LogP contribution in [0.15, 0.2) is 21.4 Å². The first kappa shape index (κ1) is 11.3. The number of nitrogens with one attached hydrogen (secondary N) is 1. The second-order valence-electron chi connectivity index (χ2n) is 3.88. The molecular weight excluding hydrogens is 275 g/mol. The van der Waals surface area contributed by atoms with Gasteiger partial charge in [0.25, 0.3) is 5.56 Å². The molecule has 0 aliphatic rings. The van der Waals surface area contributed by atoms with E-state index in [1.807, 2.05) is 13.8 Å². The van der Waals surface area contributed by atoms with Crippen molar-refractivity contribution < 1.29 is 4.39 Å². The average Bonchev–Trinajstić information content (AvgIpc) is 2.23. The van der Waals surface area contributed by atoms with E-state index in [0.29, 0.717) is 20.9 Å². The molecule has 1 aromatic heterocycles. The van der Waals surface area contributed by atoms with Crippen molar-refractivity contribution in [2.75, 3.05) is 0 Å². The van der Waals surface area contributed by atoms with Crippen LogP contribution in [0.2, 0.25) is 0 Å². The van der Waals surface area contributed by atoms with E-state index < -0.39 is 5.82 Å². The first-order chi connectivity index (χ1) is 7.52. The monoisotopic (exact) mass is 284 g/mol. The van der Waals surface area contributed by atoms with Crippen molar-refractivity contribution in [1.82, 2.24) is 10.2 Å². The van der Waals surface area contributed by atoms with E-state index in [0.717, 1.165) is 0 Å². The smallest absolute Gasteiger partial charge is 0.267 e. The van der Waals surface area contributed by atoms with Gasteiger partial charge in [-0.3, -0.25) is 4.79 Å². The largest absolute Gasteiger partial charge is 0.272 e. The fourth-order valence-corrected chi connectivity index (χ4v) is 1.97. The van der Waals surface area contributed by atoms with Crippen LogP contribution in [0.25, 0.3) is 10.8 Å². The Kier molecular flexibility index (Phi) is 2.80. The molecule has 0 unspecified atom stereocenters. The molecular formula is C11H10BrFN2O. The lowest BCUT2D eigenvalue weighted by Crippen LogP contribution is -2.12. The Labute approximate surface area is 99.8 Å². The molecule has 16 heavy (non-hydrogen) atoms. The van der Waals surface area contributed by atoms with Crippen LogP contribution < -0.4 is 5.56 Å². The van der Waals surface area contributed by atoms with Gasteiger partial charge in [-0.15, -0.1) is 0 Å². The second-order valence-corrected chi connectivity index (χ2v) is 4.73. The van der Waals surface area contributed by atoms with Crippen LogP contribution in [0.1, 0.15) is 25.5 Å². The molecule has 84 valence electrons. The number of hydrogen-bond acceptors (Lipinski definition) is 2. The number of nitrogens with zero attached hydrogens (tertiary/aromatic N) is 1. The molecule has 0 saturated carbocycles. The Bertz CT molecular complexity index is 607. The molecule has 0 amide bonds. The summed E-state index contributed by atoms with van der Waals surface area (Å²) in [4.78, 5) is 11.5. The molecule has 0 spiro atoms. The minimum Gasteiger partial charge on any atom is -0.267 e. The maximum absolute atomic E-state index is 14.0.